The number of nitrogens with one attached hydrogen (secondary N) is 1. The van der Waals surface area contributed by atoms with Crippen LogP contribution in [0.15, 0.2) is 16.6 Å². The summed E-state index contributed by atoms with van der Waals surface area (Å²) in [7, 11) is 1.46. The molecule has 2 N–H and O–H groups in total. The fraction of sp³-hybridized carbons (Fsp3) is 0.400. The van der Waals surface area contributed by atoms with Crippen LogP contribution in [0, 0.1) is 5.82 Å². The highest BCUT2D eigenvalue weighted by Crippen LogP contribution is 2.37. The van der Waals surface area contributed by atoms with Gasteiger partial charge in [-0.05, 0) is 12.1 Å². The minimum atomic E-state index is -1.14. The molecule has 0 aliphatic carbocycles. The molecule has 1 fully saturated rings. The predicted octanol–water partition coefficient (Wildman–Crippen LogP) is 1.39. The molecule has 1 aromatic carbocycles. The first-order valence-corrected chi connectivity index (χ1v) is 5.33. The first kappa shape index (κ1) is 10.9. The Morgan fingerprint density at radius 3 is 2.67 bits per heavy atom. The largest absolute Gasteiger partial charge is 0.496 e. The van der Waals surface area contributed by atoms with Crippen molar-refractivity contribution < 1.29 is 14.2 Å². The van der Waals surface area contributed by atoms with Crippen molar-refractivity contribution in [3.63, 3.8) is 0 Å². The van der Waals surface area contributed by atoms with E-state index in [1.807, 2.05) is 0 Å². The number of hydrogen-bond acceptors (Lipinski definition) is 3. The number of hydrogen-bond donors (Lipinski definition) is 2. The molecule has 0 atom stereocenters. The minimum absolute atomic E-state index is 0.229. The van der Waals surface area contributed by atoms with Gasteiger partial charge in [0.05, 0.1) is 12.7 Å². The number of benzene rings is 1. The van der Waals surface area contributed by atoms with E-state index < -0.39 is 11.4 Å². The Kier molecular flexibility index (Phi) is 2.70. The molecule has 0 saturated carbocycles. The SMILES string of the molecule is COc1cc(Br)cc(F)c1C1(O)CNC1. The Morgan fingerprint density at radius 2 is 2.20 bits per heavy atom. The summed E-state index contributed by atoms with van der Waals surface area (Å²) in [5.74, 6) is -0.0869. The van der Waals surface area contributed by atoms with Crippen LogP contribution in [0.2, 0.25) is 0 Å². The Labute approximate surface area is 95.4 Å². The topological polar surface area (TPSA) is 41.5 Å². The molecule has 2 rings (SSSR count). The van der Waals surface area contributed by atoms with Crippen molar-refractivity contribution in [3.05, 3.63) is 28.0 Å². The average molecular weight is 276 g/mol. The van der Waals surface area contributed by atoms with Gasteiger partial charge in [-0.3, -0.25) is 0 Å². The lowest BCUT2D eigenvalue weighted by atomic mass is 9.87. The molecule has 0 spiro atoms. The molecular weight excluding hydrogens is 265 g/mol. The molecule has 1 aliphatic heterocycles. The number of β-amino-alcohol motifs (C(OH)–C–C–N with tert-alkyl or cyclic N) is 1. The van der Waals surface area contributed by atoms with Gasteiger partial charge in [0.25, 0.3) is 0 Å². The van der Waals surface area contributed by atoms with E-state index in [9.17, 15) is 9.50 Å². The molecule has 82 valence electrons. The van der Waals surface area contributed by atoms with E-state index in [-0.39, 0.29) is 5.56 Å². The normalized spacial score (nSPS) is 18.4. The molecule has 0 radical (unpaired) electrons. The molecule has 1 saturated heterocycles. The molecule has 0 unspecified atom stereocenters. The third-order valence-corrected chi connectivity index (χ3v) is 3.00. The predicted molar refractivity (Wildman–Crippen MR) is 57.4 cm³/mol. The lowest BCUT2D eigenvalue weighted by molar-refractivity contribution is -0.0196. The van der Waals surface area contributed by atoms with Crippen molar-refractivity contribution in [2.75, 3.05) is 20.2 Å². The standard InChI is InChI=1S/C10H11BrFNO2/c1-15-8-3-6(11)2-7(12)9(8)10(14)4-13-5-10/h2-3,13-14H,4-5H2,1H3. The van der Waals surface area contributed by atoms with Gasteiger partial charge in [-0.15, -0.1) is 0 Å². The summed E-state index contributed by atoms with van der Waals surface area (Å²) in [5, 5.41) is 13.0. The molecule has 1 heterocycles. The molecular formula is C10H11BrFNO2. The number of methoxy groups -OCH3 is 1. The van der Waals surface area contributed by atoms with Gasteiger partial charge in [-0.25, -0.2) is 4.39 Å². The molecule has 1 aromatic rings. The van der Waals surface area contributed by atoms with Crippen LogP contribution in [-0.4, -0.2) is 25.3 Å². The minimum Gasteiger partial charge on any atom is -0.496 e. The first-order valence-electron chi connectivity index (χ1n) is 4.53. The van der Waals surface area contributed by atoms with E-state index in [1.165, 1.54) is 13.2 Å². The summed E-state index contributed by atoms with van der Waals surface area (Å²) in [5.41, 5.74) is -0.914. The third-order valence-electron chi connectivity index (χ3n) is 2.54. The van der Waals surface area contributed by atoms with Crippen molar-refractivity contribution in [2.24, 2.45) is 0 Å². The second-order valence-corrected chi connectivity index (χ2v) is 4.52. The van der Waals surface area contributed by atoms with E-state index in [1.54, 1.807) is 6.07 Å². The van der Waals surface area contributed by atoms with Crippen LogP contribution in [-0.2, 0) is 5.60 Å². The van der Waals surface area contributed by atoms with Crippen LogP contribution >= 0.6 is 15.9 Å². The Bertz CT molecular complexity index is 393. The second kappa shape index (κ2) is 3.73. The van der Waals surface area contributed by atoms with Gasteiger partial charge in [0.1, 0.15) is 17.2 Å². The summed E-state index contributed by atoms with van der Waals surface area (Å²) >= 11 is 3.18. The number of aliphatic hydroxyl groups is 1. The van der Waals surface area contributed by atoms with Crippen molar-refractivity contribution in [1.82, 2.24) is 5.32 Å². The second-order valence-electron chi connectivity index (χ2n) is 3.60. The maximum atomic E-state index is 13.7. The van der Waals surface area contributed by atoms with Crippen LogP contribution < -0.4 is 10.1 Å². The van der Waals surface area contributed by atoms with Gasteiger partial charge in [0, 0.05) is 17.6 Å². The van der Waals surface area contributed by atoms with E-state index in [0.717, 1.165) is 0 Å². The molecule has 15 heavy (non-hydrogen) atoms. The van der Waals surface area contributed by atoms with Gasteiger partial charge < -0.3 is 15.2 Å². The number of rotatable bonds is 2. The average Bonchev–Trinajstić information content (AvgIpc) is 2.13. The fourth-order valence-electron chi connectivity index (χ4n) is 1.70. The summed E-state index contributed by atoms with van der Waals surface area (Å²) in [4.78, 5) is 0. The van der Waals surface area contributed by atoms with Gasteiger partial charge in [-0.2, -0.15) is 0 Å². The van der Waals surface area contributed by atoms with Crippen molar-refractivity contribution >= 4 is 15.9 Å². The van der Waals surface area contributed by atoms with Crippen LogP contribution in [0.5, 0.6) is 5.75 Å². The van der Waals surface area contributed by atoms with Gasteiger partial charge >= 0.3 is 0 Å². The Hall–Kier alpha value is -0.650. The number of ether oxygens (including phenoxy) is 1. The molecule has 0 aromatic heterocycles. The lowest BCUT2D eigenvalue weighted by Crippen LogP contribution is -2.57. The zero-order valence-corrected chi connectivity index (χ0v) is 9.77. The van der Waals surface area contributed by atoms with E-state index in [4.69, 9.17) is 4.74 Å². The van der Waals surface area contributed by atoms with E-state index in [0.29, 0.717) is 23.3 Å². The molecule has 0 bridgehead atoms. The summed E-state index contributed by atoms with van der Waals surface area (Å²) < 4.78 is 19.4. The monoisotopic (exact) mass is 275 g/mol. The van der Waals surface area contributed by atoms with E-state index in [2.05, 4.69) is 21.2 Å². The fourth-order valence-corrected chi connectivity index (χ4v) is 2.11. The maximum absolute atomic E-state index is 13.7. The zero-order chi connectivity index (χ0) is 11.1. The Balaban J connectivity index is 2.53. The molecule has 0 amide bonds. The Morgan fingerprint density at radius 1 is 1.53 bits per heavy atom. The van der Waals surface area contributed by atoms with Gasteiger partial charge in [0.2, 0.25) is 0 Å². The highest BCUT2D eigenvalue weighted by Gasteiger charge is 2.41. The van der Waals surface area contributed by atoms with Crippen molar-refractivity contribution in [3.8, 4) is 5.75 Å². The maximum Gasteiger partial charge on any atom is 0.134 e. The van der Waals surface area contributed by atoms with Gasteiger partial charge in [-0.1, -0.05) is 15.9 Å². The molecule has 5 heteroatoms. The van der Waals surface area contributed by atoms with Crippen molar-refractivity contribution in [1.29, 1.82) is 0 Å². The summed E-state index contributed by atoms with van der Waals surface area (Å²) in [6.07, 6.45) is 0. The smallest absolute Gasteiger partial charge is 0.134 e. The summed E-state index contributed by atoms with van der Waals surface area (Å²) in [6.45, 7) is 0.698. The van der Waals surface area contributed by atoms with Crippen LogP contribution in [0.1, 0.15) is 5.56 Å². The zero-order valence-electron chi connectivity index (χ0n) is 8.18. The van der Waals surface area contributed by atoms with Gasteiger partial charge in [0.15, 0.2) is 0 Å². The van der Waals surface area contributed by atoms with E-state index >= 15 is 0 Å². The summed E-state index contributed by atoms with van der Waals surface area (Å²) in [6, 6.07) is 2.98. The molecule has 3 nitrogen and oxygen atoms in total. The molecule has 1 aliphatic rings. The van der Waals surface area contributed by atoms with Crippen molar-refractivity contribution in [2.45, 2.75) is 5.60 Å². The number of halogens is 2. The third kappa shape index (κ3) is 1.75. The lowest BCUT2D eigenvalue weighted by Gasteiger charge is -2.38. The van der Waals surface area contributed by atoms with Crippen LogP contribution in [0.4, 0.5) is 4.39 Å². The first-order chi connectivity index (χ1) is 7.07. The van der Waals surface area contributed by atoms with Crippen LogP contribution in [0.25, 0.3) is 0 Å². The highest BCUT2D eigenvalue weighted by molar-refractivity contribution is 9.10. The van der Waals surface area contributed by atoms with Crippen LogP contribution in [0.3, 0.4) is 0 Å². The highest BCUT2D eigenvalue weighted by atomic mass is 79.9. The quantitative estimate of drug-likeness (QED) is 0.857.